The van der Waals surface area contributed by atoms with Crippen molar-refractivity contribution in [3.05, 3.63) is 39.9 Å². The zero-order chi connectivity index (χ0) is 22.6. The van der Waals surface area contributed by atoms with Crippen LogP contribution in [0, 0.1) is 6.92 Å². The summed E-state index contributed by atoms with van der Waals surface area (Å²) in [5.41, 5.74) is 2.37. The van der Waals surface area contributed by atoms with Crippen molar-refractivity contribution < 1.29 is 4.21 Å². The third kappa shape index (κ3) is 5.58. The molecule has 0 saturated carbocycles. The van der Waals surface area contributed by atoms with Crippen LogP contribution >= 0.6 is 11.3 Å². The predicted molar refractivity (Wildman–Crippen MR) is 134 cm³/mol. The SMILES string of the molecule is C=N/C(=N\C=C(/C)S(C)(=O)=NCC)N1CCN(C(C)c2ccc3sc(C)nc3c2)CC1. The molecule has 9 heteroatoms. The smallest absolute Gasteiger partial charge is 0.224 e. The number of hydrogen-bond acceptors (Lipinski definition) is 6. The van der Waals surface area contributed by atoms with Crippen LogP contribution in [-0.2, 0) is 9.73 Å². The summed E-state index contributed by atoms with van der Waals surface area (Å²) in [6.45, 7) is 15.6. The molecule has 0 N–H and O–H groups in total. The van der Waals surface area contributed by atoms with E-state index in [9.17, 15) is 4.21 Å². The van der Waals surface area contributed by atoms with Crippen molar-refractivity contribution in [1.29, 1.82) is 0 Å². The molecule has 0 aliphatic carbocycles. The molecule has 2 heterocycles. The summed E-state index contributed by atoms with van der Waals surface area (Å²) >= 11 is 1.74. The van der Waals surface area contributed by atoms with Gasteiger partial charge < -0.3 is 4.90 Å². The van der Waals surface area contributed by atoms with Gasteiger partial charge in [0.1, 0.15) is 0 Å². The van der Waals surface area contributed by atoms with Crippen molar-refractivity contribution in [2.45, 2.75) is 33.7 Å². The van der Waals surface area contributed by atoms with E-state index in [1.54, 1.807) is 30.7 Å². The van der Waals surface area contributed by atoms with Gasteiger partial charge in [0.15, 0.2) is 0 Å². The largest absolute Gasteiger partial charge is 0.338 e. The minimum Gasteiger partial charge on any atom is -0.338 e. The predicted octanol–water partition coefficient (Wildman–Crippen LogP) is 4.32. The van der Waals surface area contributed by atoms with Crippen molar-refractivity contribution in [1.82, 2.24) is 14.8 Å². The van der Waals surface area contributed by atoms with Crippen LogP contribution in [0.2, 0.25) is 0 Å². The van der Waals surface area contributed by atoms with Crippen molar-refractivity contribution in [3.8, 4) is 0 Å². The zero-order valence-corrected chi connectivity index (χ0v) is 20.7. The molecule has 0 amide bonds. The summed E-state index contributed by atoms with van der Waals surface area (Å²) in [5, 5.41) is 1.10. The Morgan fingerprint density at radius 1 is 1.35 bits per heavy atom. The van der Waals surface area contributed by atoms with Gasteiger partial charge in [0.05, 0.1) is 25.0 Å². The first-order valence-corrected chi connectivity index (χ1v) is 13.2. The number of aromatic nitrogens is 1. The van der Waals surface area contributed by atoms with Crippen molar-refractivity contribution in [2.24, 2.45) is 14.3 Å². The second-order valence-corrected chi connectivity index (χ2v) is 11.5. The lowest BCUT2D eigenvalue weighted by molar-refractivity contribution is 0.140. The third-order valence-electron chi connectivity index (χ3n) is 5.62. The molecule has 1 aromatic carbocycles. The Kier molecular flexibility index (Phi) is 7.61. The third-order valence-corrected chi connectivity index (χ3v) is 8.62. The molecule has 2 atom stereocenters. The van der Waals surface area contributed by atoms with Crippen LogP contribution in [0.1, 0.15) is 37.4 Å². The van der Waals surface area contributed by atoms with E-state index in [0.29, 0.717) is 23.5 Å². The van der Waals surface area contributed by atoms with Gasteiger partial charge in [-0.3, -0.25) is 4.90 Å². The molecule has 1 aliphatic rings. The standard InChI is InChI=1S/C22H32N6OS2/c1-7-25-31(6,29)16(2)15-24-22(23-5)28-12-10-27(11-13-28)17(3)19-8-9-21-20(14-19)26-18(4)30-21/h8-9,14-15,17H,5,7,10-13H2,1-4,6H3/b16-15+,24-22+. The van der Waals surface area contributed by atoms with E-state index in [0.717, 1.165) is 36.7 Å². The molecule has 31 heavy (non-hydrogen) atoms. The Labute approximate surface area is 189 Å². The molecule has 0 bridgehead atoms. The van der Waals surface area contributed by atoms with E-state index in [1.807, 2.05) is 13.8 Å². The molecule has 1 aliphatic heterocycles. The van der Waals surface area contributed by atoms with E-state index < -0.39 is 9.73 Å². The zero-order valence-electron chi connectivity index (χ0n) is 19.0. The second kappa shape index (κ2) is 10.0. The number of piperazine rings is 1. The molecular weight excluding hydrogens is 428 g/mol. The number of hydrogen-bond donors (Lipinski definition) is 0. The minimum atomic E-state index is -2.37. The first-order valence-electron chi connectivity index (χ1n) is 10.5. The Hall–Kier alpha value is -2.10. The monoisotopic (exact) mass is 460 g/mol. The fourth-order valence-electron chi connectivity index (χ4n) is 3.66. The fourth-order valence-corrected chi connectivity index (χ4v) is 5.41. The van der Waals surface area contributed by atoms with Crippen LogP contribution in [-0.4, -0.2) is 70.6 Å². The Bertz CT molecular complexity index is 1120. The highest BCUT2D eigenvalue weighted by Crippen LogP contribution is 2.28. The number of aliphatic imine (C=N–C) groups is 2. The summed E-state index contributed by atoms with van der Waals surface area (Å²) in [6.07, 6.45) is 3.26. The van der Waals surface area contributed by atoms with Gasteiger partial charge in [0, 0.05) is 56.1 Å². The van der Waals surface area contributed by atoms with E-state index in [2.05, 4.69) is 61.0 Å². The molecule has 2 aromatic rings. The maximum Gasteiger partial charge on any atom is 0.224 e. The van der Waals surface area contributed by atoms with Gasteiger partial charge in [-0.15, -0.1) is 11.3 Å². The highest BCUT2D eigenvalue weighted by atomic mass is 32.2. The van der Waals surface area contributed by atoms with Crippen LogP contribution in [0.5, 0.6) is 0 Å². The number of aryl methyl sites for hydroxylation is 1. The summed E-state index contributed by atoms with van der Waals surface area (Å²) in [4.78, 5) is 18.5. The normalized spacial score (nSPS) is 19.3. The highest BCUT2D eigenvalue weighted by molar-refractivity contribution is 7.96. The van der Waals surface area contributed by atoms with Gasteiger partial charge >= 0.3 is 0 Å². The fraction of sp³-hybridized carbons (Fsp3) is 0.500. The molecule has 0 radical (unpaired) electrons. The van der Waals surface area contributed by atoms with E-state index in [1.165, 1.54) is 10.3 Å². The van der Waals surface area contributed by atoms with Crippen molar-refractivity contribution in [2.75, 3.05) is 39.0 Å². The molecule has 7 nitrogen and oxygen atoms in total. The van der Waals surface area contributed by atoms with Crippen LogP contribution in [0.15, 0.2) is 43.7 Å². The molecule has 3 rings (SSSR count). The van der Waals surface area contributed by atoms with Gasteiger partial charge in [-0.25, -0.2) is 23.5 Å². The molecule has 168 valence electrons. The topological polar surface area (TPSA) is 73.5 Å². The first kappa shape index (κ1) is 23.6. The number of nitrogens with zero attached hydrogens (tertiary/aromatic N) is 6. The van der Waals surface area contributed by atoms with Gasteiger partial charge in [-0.1, -0.05) is 6.07 Å². The first-order chi connectivity index (χ1) is 14.7. The molecule has 1 fully saturated rings. The summed E-state index contributed by atoms with van der Waals surface area (Å²) in [7, 11) is -2.37. The molecular formula is C22H32N6OS2. The van der Waals surface area contributed by atoms with Gasteiger partial charge in [-0.2, -0.15) is 0 Å². The van der Waals surface area contributed by atoms with Crippen molar-refractivity contribution in [3.63, 3.8) is 0 Å². The number of guanidine groups is 1. The van der Waals surface area contributed by atoms with Crippen molar-refractivity contribution >= 4 is 44.0 Å². The summed E-state index contributed by atoms with van der Waals surface area (Å²) in [5.74, 6) is 0.567. The molecule has 0 spiro atoms. The average Bonchev–Trinajstić information content (AvgIpc) is 3.13. The van der Waals surface area contributed by atoms with E-state index >= 15 is 0 Å². The number of benzene rings is 1. The van der Waals surface area contributed by atoms with Crippen LogP contribution in [0.25, 0.3) is 10.2 Å². The van der Waals surface area contributed by atoms with E-state index in [4.69, 9.17) is 0 Å². The number of allylic oxidation sites excluding steroid dienone is 1. The lowest BCUT2D eigenvalue weighted by Crippen LogP contribution is -2.48. The lowest BCUT2D eigenvalue weighted by Gasteiger charge is -2.38. The molecule has 2 unspecified atom stereocenters. The quantitative estimate of drug-likeness (QED) is 0.492. The maximum atomic E-state index is 12.5. The number of thiazole rings is 1. The average molecular weight is 461 g/mol. The van der Waals surface area contributed by atoms with Gasteiger partial charge in [-0.05, 0) is 52.1 Å². The lowest BCUT2D eigenvalue weighted by atomic mass is 10.1. The maximum absolute atomic E-state index is 12.5. The molecule has 1 saturated heterocycles. The van der Waals surface area contributed by atoms with Crippen LogP contribution < -0.4 is 0 Å². The van der Waals surface area contributed by atoms with Gasteiger partial charge in [0.2, 0.25) is 5.96 Å². The number of fused-ring (bicyclic) bond motifs is 1. The Morgan fingerprint density at radius 2 is 2.06 bits per heavy atom. The Balaban J connectivity index is 1.67. The summed E-state index contributed by atoms with van der Waals surface area (Å²) < 4.78 is 17.9. The second-order valence-electron chi connectivity index (χ2n) is 7.73. The van der Waals surface area contributed by atoms with Gasteiger partial charge in [0.25, 0.3) is 0 Å². The van der Waals surface area contributed by atoms with Crippen LogP contribution in [0.4, 0.5) is 0 Å². The highest BCUT2D eigenvalue weighted by Gasteiger charge is 2.24. The minimum absolute atomic E-state index is 0.313. The van der Waals surface area contributed by atoms with E-state index in [-0.39, 0.29) is 0 Å². The Morgan fingerprint density at radius 3 is 2.71 bits per heavy atom. The summed E-state index contributed by atoms with van der Waals surface area (Å²) in [6, 6.07) is 6.92. The number of rotatable bonds is 5. The van der Waals surface area contributed by atoms with Crippen LogP contribution in [0.3, 0.4) is 0 Å². The molecule has 1 aromatic heterocycles.